The van der Waals surface area contributed by atoms with Gasteiger partial charge in [-0.15, -0.1) is 0 Å². The molecule has 1 aliphatic carbocycles. The lowest BCUT2D eigenvalue weighted by Gasteiger charge is -2.16. The molecule has 0 N–H and O–H groups in total. The van der Waals surface area contributed by atoms with E-state index in [1.807, 2.05) is 0 Å². The first kappa shape index (κ1) is 14.2. The van der Waals surface area contributed by atoms with Crippen molar-refractivity contribution in [3.8, 4) is 17.6 Å². The first-order chi connectivity index (χ1) is 10.1. The van der Waals surface area contributed by atoms with Crippen LogP contribution in [0.15, 0.2) is 23.1 Å². The Labute approximate surface area is 124 Å². The summed E-state index contributed by atoms with van der Waals surface area (Å²) < 4.78 is 36.5. The van der Waals surface area contributed by atoms with Crippen molar-refractivity contribution in [1.29, 1.82) is 5.26 Å². The smallest absolute Gasteiger partial charge is 0.182 e. The van der Waals surface area contributed by atoms with Crippen LogP contribution in [-0.4, -0.2) is 26.9 Å². The summed E-state index contributed by atoms with van der Waals surface area (Å²) in [5.74, 6) is 0.640. The van der Waals surface area contributed by atoms with Gasteiger partial charge in [0.2, 0.25) is 0 Å². The average molecular weight is 307 g/mol. The van der Waals surface area contributed by atoms with Crippen LogP contribution in [0.3, 0.4) is 0 Å². The van der Waals surface area contributed by atoms with Crippen LogP contribution in [0.1, 0.15) is 25.7 Å². The molecule has 1 fully saturated rings. The van der Waals surface area contributed by atoms with E-state index in [1.54, 1.807) is 12.1 Å². The molecule has 3 rings (SSSR count). The lowest BCUT2D eigenvalue weighted by atomic mass is 10.1. The average Bonchev–Trinajstić information content (AvgIpc) is 2.85. The van der Waals surface area contributed by atoms with Gasteiger partial charge in [-0.05, 0) is 25.0 Å². The normalized spacial score (nSPS) is 25.1. The molecule has 0 spiro atoms. The number of fused-ring (bicyclic) bond motifs is 1. The van der Waals surface area contributed by atoms with Crippen LogP contribution in [0.2, 0.25) is 0 Å². The molecule has 1 heterocycles. The van der Waals surface area contributed by atoms with Crippen LogP contribution in [0.5, 0.6) is 11.5 Å². The van der Waals surface area contributed by atoms with Crippen LogP contribution in [0, 0.1) is 17.2 Å². The van der Waals surface area contributed by atoms with E-state index < -0.39 is 21.0 Å². The van der Waals surface area contributed by atoms with Crippen LogP contribution >= 0.6 is 0 Å². The molecule has 0 amide bonds. The second-order valence-corrected chi connectivity index (χ2v) is 7.58. The van der Waals surface area contributed by atoms with Crippen LogP contribution in [0.4, 0.5) is 0 Å². The van der Waals surface area contributed by atoms with Crippen molar-refractivity contribution in [3.05, 3.63) is 18.2 Å². The summed E-state index contributed by atoms with van der Waals surface area (Å²) in [6, 6.07) is 6.85. The number of hydrogen-bond acceptors (Lipinski definition) is 5. The van der Waals surface area contributed by atoms with Gasteiger partial charge in [-0.1, -0.05) is 6.42 Å². The molecular formula is C15H17NO4S. The quantitative estimate of drug-likeness (QED) is 0.838. The topological polar surface area (TPSA) is 76.4 Å². The molecule has 1 aromatic carbocycles. The van der Waals surface area contributed by atoms with E-state index in [2.05, 4.69) is 6.07 Å². The Morgan fingerprint density at radius 2 is 1.86 bits per heavy atom. The first-order valence-corrected chi connectivity index (χ1v) is 8.71. The largest absolute Gasteiger partial charge is 0.490 e. The second kappa shape index (κ2) is 5.57. The van der Waals surface area contributed by atoms with Crippen molar-refractivity contribution in [1.82, 2.24) is 0 Å². The van der Waals surface area contributed by atoms with E-state index in [4.69, 9.17) is 14.7 Å². The third kappa shape index (κ3) is 2.58. The molecule has 1 aromatic rings. The lowest BCUT2D eigenvalue weighted by Crippen LogP contribution is -2.24. The standard InChI is InChI=1S/C15H17NO4S/c16-10-11-3-1-4-15(11)21(17,18)12-5-6-13-14(9-12)20-8-2-7-19-13/h5-6,9,11,15H,1-4,7-8H2. The van der Waals surface area contributed by atoms with Gasteiger partial charge >= 0.3 is 0 Å². The van der Waals surface area contributed by atoms with Gasteiger partial charge in [0.1, 0.15) is 0 Å². The summed E-state index contributed by atoms with van der Waals surface area (Å²) >= 11 is 0. The molecule has 2 aliphatic rings. The maximum atomic E-state index is 12.7. The second-order valence-electron chi connectivity index (χ2n) is 5.41. The van der Waals surface area contributed by atoms with Gasteiger partial charge in [-0.3, -0.25) is 0 Å². The molecule has 1 aliphatic heterocycles. The fraction of sp³-hybridized carbons (Fsp3) is 0.533. The maximum Gasteiger partial charge on any atom is 0.182 e. The molecule has 112 valence electrons. The van der Waals surface area contributed by atoms with E-state index >= 15 is 0 Å². The van der Waals surface area contributed by atoms with E-state index in [0.29, 0.717) is 37.6 Å². The molecule has 21 heavy (non-hydrogen) atoms. The zero-order valence-electron chi connectivity index (χ0n) is 11.6. The minimum Gasteiger partial charge on any atom is -0.490 e. The molecule has 1 saturated carbocycles. The first-order valence-electron chi connectivity index (χ1n) is 7.16. The van der Waals surface area contributed by atoms with E-state index in [9.17, 15) is 8.42 Å². The maximum absolute atomic E-state index is 12.7. The van der Waals surface area contributed by atoms with Crippen molar-refractivity contribution in [2.45, 2.75) is 35.8 Å². The number of rotatable bonds is 2. The lowest BCUT2D eigenvalue weighted by molar-refractivity contribution is 0.297. The summed E-state index contributed by atoms with van der Waals surface area (Å²) in [7, 11) is -3.50. The molecule has 0 bridgehead atoms. The Hall–Kier alpha value is -1.74. The molecule has 0 aromatic heterocycles. The Morgan fingerprint density at radius 3 is 2.62 bits per heavy atom. The van der Waals surface area contributed by atoms with Crippen molar-refractivity contribution >= 4 is 9.84 Å². The van der Waals surface area contributed by atoms with Gasteiger partial charge in [-0.2, -0.15) is 5.26 Å². The van der Waals surface area contributed by atoms with E-state index in [-0.39, 0.29) is 4.90 Å². The molecule has 2 atom stereocenters. The third-order valence-electron chi connectivity index (χ3n) is 4.06. The van der Waals surface area contributed by atoms with Crippen molar-refractivity contribution in [3.63, 3.8) is 0 Å². The Morgan fingerprint density at radius 1 is 1.10 bits per heavy atom. The van der Waals surface area contributed by atoms with Crippen molar-refractivity contribution in [2.24, 2.45) is 5.92 Å². The number of nitrogens with zero attached hydrogens (tertiary/aromatic N) is 1. The minimum absolute atomic E-state index is 0.221. The number of benzene rings is 1. The van der Waals surface area contributed by atoms with Gasteiger partial charge in [0, 0.05) is 12.5 Å². The molecular weight excluding hydrogens is 290 g/mol. The molecule has 5 nitrogen and oxygen atoms in total. The number of hydrogen-bond donors (Lipinski definition) is 0. The van der Waals surface area contributed by atoms with E-state index in [1.165, 1.54) is 6.07 Å². The van der Waals surface area contributed by atoms with Gasteiger partial charge < -0.3 is 9.47 Å². The van der Waals surface area contributed by atoms with Crippen molar-refractivity contribution in [2.75, 3.05) is 13.2 Å². The van der Waals surface area contributed by atoms with Gasteiger partial charge in [0.15, 0.2) is 21.3 Å². The highest BCUT2D eigenvalue weighted by Crippen LogP contribution is 2.37. The predicted molar refractivity (Wildman–Crippen MR) is 76.0 cm³/mol. The summed E-state index contributed by atoms with van der Waals surface area (Å²) in [6.07, 6.45) is 2.77. The van der Waals surface area contributed by atoms with Crippen LogP contribution in [-0.2, 0) is 9.84 Å². The molecule has 0 radical (unpaired) electrons. The van der Waals surface area contributed by atoms with Gasteiger partial charge in [0.25, 0.3) is 0 Å². The molecule has 0 saturated heterocycles. The fourth-order valence-corrected chi connectivity index (χ4v) is 4.93. The number of sulfone groups is 1. The van der Waals surface area contributed by atoms with E-state index in [0.717, 1.165) is 12.8 Å². The highest BCUT2D eigenvalue weighted by atomic mass is 32.2. The SMILES string of the molecule is N#CC1CCCC1S(=O)(=O)c1ccc2c(c1)OCCCO2. The van der Waals surface area contributed by atoms with Crippen molar-refractivity contribution < 1.29 is 17.9 Å². The minimum atomic E-state index is -3.50. The Bertz CT molecular complexity index is 677. The summed E-state index contributed by atoms with van der Waals surface area (Å²) in [5, 5.41) is 8.51. The summed E-state index contributed by atoms with van der Waals surface area (Å²) in [6.45, 7) is 1.08. The Kier molecular flexibility index (Phi) is 3.77. The highest BCUT2D eigenvalue weighted by Gasteiger charge is 2.38. The molecule has 6 heteroatoms. The molecule has 2 unspecified atom stereocenters. The highest BCUT2D eigenvalue weighted by molar-refractivity contribution is 7.92. The zero-order valence-corrected chi connectivity index (χ0v) is 12.4. The van der Waals surface area contributed by atoms with Crippen LogP contribution in [0.25, 0.3) is 0 Å². The van der Waals surface area contributed by atoms with Gasteiger partial charge in [-0.25, -0.2) is 8.42 Å². The predicted octanol–water partition coefficient (Wildman–Crippen LogP) is 2.31. The van der Waals surface area contributed by atoms with Gasteiger partial charge in [0.05, 0.1) is 35.3 Å². The Balaban J connectivity index is 1.96. The summed E-state index contributed by atoms with van der Waals surface area (Å²) in [4.78, 5) is 0.221. The number of nitriles is 1. The number of ether oxygens (including phenoxy) is 2. The van der Waals surface area contributed by atoms with Crippen LogP contribution < -0.4 is 9.47 Å². The summed E-state index contributed by atoms with van der Waals surface area (Å²) in [5.41, 5.74) is 0. The third-order valence-corrected chi connectivity index (χ3v) is 6.34. The fourth-order valence-electron chi connectivity index (χ4n) is 2.94. The monoisotopic (exact) mass is 307 g/mol. The zero-order chi connectivity index (χ0) is 14.9.